The van der Waals surface area contributed by atoms with E-state index in [0.717, 1.165) is 4.90 Å². The topological polar surface area (TPSA) is 57.6 Å². The number of halogens is 1. The van der Waals surface area contributed by atoms with Gasteiger partial charge in [0, 0.05) is 5.69 Å². The number of rotatable bonds is 2. The lowest BCUT2D eigenvalue weighted by atomic mass is 10.1. The molecule has 0 aliphatic carbocycles. The summed E-state index contributed by atoms with van der Waals surface area (Å²) in [6.07, 6.45) is 0.0698. The van der Waals surface area contributed by atoms with E-state index in [-0.39, 0.29) is 18.9 Å². The molecule has 2 rings (SSSR count). The number of hydrogen-bond acceptors (Lipinski definition) is 2. The van der Waals surface area contributed by atoms with Gasteiger partial charge in [-0.2, -0.15) is 0 Å². The van der Waals surface area contributed by atoms with Crippen molar-refractivity contribution in [1.29, 1.82) is 0 Å². The number of nitrogens with zero attached hydrogens (tertiary/aromatic N) is 1. The Kier molecular flexibility index (Phi) is 2.15. The summed E-state index contributed by atoms with van der Waals surface area (Å²) in [5.74, 6) is -1.81. The quantitative estimate of drug-likeness (QED) is 0.783. The van der Waals surface area contributed by atoms with E-state index >= 15 is 0 Å². The van der Waals surface area contributed by atoms with E-state index in [2.05, 4.69) is 0 Å². The van der Waals surface area contributed by atoms with Gasteiger partial charge < -0.3 is 10.0 Å². The zero-order valence-corrected chi connectivity index (χ0v) is 7.74. The van der Waals surface area contributed by atoms with Crippen molar-refractivity contribution >= 4 is 17.6 Å². The van der Waals surface area contributed by atoms with Gasteiger partial charge in [-0.15, -0.1) is 0 Å². The maximum absolute atomic E-state index is 12.8. The Labute approximate surface area is 84.9 Å². The molecule has 0 aromatic heterocycles. The molecule has 0 radical (unpaired) electrons. The van der Waals surface area contributed by atoms with Crippen molar-refractivity contribution in [2.45, 2.75) is 6.42 Å². The molecule has 1 N–H and O–H groups in total. The Morgan fingerprint density at radius 2 is 2.27 bits per heavy atom. The molecule has 0 spiro atoms. The van der Waals surface area contributed by atoms with Crippen LogP contribution in [-0.2, 0) is 16.0 Å². The molecule has 1 aromatic rings. The van der Waals surface area contributed by atoms with Crippen LogP contribution in [0.25, 0.3) is 0 Å². The van der Waals surface area contributed by atoms with Crippen LogP contribution in [0.1, 0.15) is 5.56 Å². The molecule has 78 valence electrons. The summed E-state index contributed by atoms with van der Waals surface area (Å²) in [7, 11) is 0. The maximum atomic E-state index is 12.8. The van der Waals surface area contributed by atoms with Crippen LogP contribution in [0.2, 0.25) is 0 Å². The van der Waals surface area contributed by atoms with Crippen molar-refractivity contribution in [3.05, 3.63) is 29.6 Å². The smallest absolute Gasteiger partial charge is 0.323 e. The zero-order chi connectivity index (χ0) is 11.0. The minimum absolute atomic E-state index is 0.0698. The van der Waals surface area contributed by atoms with Gasteiger partial charge >= 0.3 is 5.97 Å². The lowest BCUT2D eigenvalue weighted by Gasteiger charge is -2.14. The van der Waals surface area contributed by atoms with Crippen molar-refractivity contribution in [3.8, 4) is 0 Å². The second-order valence-corrected chi connectivity index (χ2v) is 3.32. The minimum Gasteiger partial charge on any atom is -0.480 e. The van der Waals surface area contributed by atoms with Crippen molar-refractivity contribution in [3.63, 3.8) is 0 Å². The van der Waals surface area contributed by atoms with Gasteiger partial charge in [-0.05, 0) is 23.8 Å². The molecule has 1 aliphatic heterocycles. The molecule has 1 aromatic carbocycles. The van der Waals surface area contributed by atoms with Crippen LogP contribution in [0.5, 0.6) is 0 Å². The molecule has 1 heterocycles. The van der Waals surface area contributed by atoms with Crippen LogP contribution in [0.4, 0.5) is 10.1 Å². The molecule has 0 fully saturated rings. The van der Waals surface area contributed by atoms with Crippen LogP contribution < -0.4 is 4.90 Å². The van der Waals surface area contributed by atoms with Gasteiger partial charge in [-0.25, -0.2) is 4.39 Å². The molecule has 1 aliphatic rings. The molecule has 4 nitrogen and oxygen atoms in total. The first-order chi connectivity index (χ1) is 7.08. The Hall–Kier alpha value is -1.91. The van der Waals surface area contributed by atoms with E-state index in [4.69, 9.17) is 5.11 Å². The van der Waals surface area contributed by atoms with Gasteiger partial charge in [0.15, 0.2) is 0 Å². The predicted molar refractivity (Wildman–Crippen MR) is 50.1 cm³/mol. The van der Waals surface area contributed by atoms with E-state index in [1.54, 1.807) is 0 Å². The van der Waals surface area contributed by atoms with Gasteiger partial charge in [0.1, 0.15) is 12.4 Å². The highest BCUT2D eigenvalue weighted by Gasteiger charge is 2.28. The molecule has 1 amide bonds. The average molecular weight is 209 g/mol. The normalized spacial score (nSPS) is 14.2. The van der Waals surface area contributed by atoms with Crippen molar-refractivity contribution in [2.75, 3.05) is 11.4 Å². The Morgan fingerprint density at radius 3 is 2.93 bits per heavy atom. The largest absolute Gasteiger partial charge is 0.480 e. The van der Waals surface area contributed by atoms with Gasteiger partial charge in [0.2, 0.25) is 5.91 Å². The number of carbonyl (C=O) groups excluding carboxylic acids is 1. The third-order valence-electron chi connectivity index (χ3n) is 2.27. The van der Waals surface area contributed by atoms with E-state index in [0.29, 0.717) is 11.3 Å². The molecule has 0 saturated heterocycles. The third kappa shape index (κ3) is 1.68. The monoisotopic (exact) mass is 209 g/mol. The highest BCUT2D eigenvalue weighted by Crippen LogP contribution is 2.28. The molecule has 0 bridgehead atoms. The fraction of sp³-hybridized carbons (Fsp3) is 0.200. The Morgan fingerprint density at radius 1 is 1.53 bits per heavy atom. The standard InChI is InChI=1S/C10H8FNO3/c11-7-1-2-8-6(3-7)4-9(13)12(8)5-10(14)15/h1-3H,4-5H2,(H,14,15). The Bertz CT molecular complexity index is 444. The molecule has 0 atom stereocenters. The molecule has 0 unspecified atom stereocenters. The molecule has 15 heavy (non-hydrogen) atoms. The summed E-state index contributed by atoms with van der Waals surface area (Å²) in [5.41, 5.74) is 1.03. The van der Waals surface area contributed by atoms with Crippen molar-refractivity contribution < 1.29 is 19.1 Å². The fourth-order valence-corrected chi connectivity index (χ4v) is 1.66. The minimum atomic E-state index is -1.08. The second kappa shape index (κ2) is 3.34. The van der Waals surface area contributed by atoms with E-state index in [9.17, 15) is 14.0 Å². The lowest BCUT2D eigenvalue weighted by Crippen LogP contribution is -2.32. The summed E-state index contributed by atoms with van der Waals surface area (Å²) in [4.78, 5) is 23.1. The average Bonchev–Trinajstić information content (AvgIpc) is 2.41. The molecule has 0 saturated carbocycles. The molecule has 5 heteroatoms. The van der Waals surface area contributed by atoms with Crippen molar-refractivity contribution in [2.24, 2.45) is 0 Å². The number of benzene rings is 1. The lowest BCUT2D eigenvalue weighted by molar-refractivity contribution is -0.136. The number of carboxylic acids is 1. The first-order valence-electron chi connectivity index (χ1n) is 4.38. The molecular formula is C10H8FNO3. The molecular weight excluding hydrogens is 201 g/mol. The maximum Gasteiger partial charge on any atom is 0.323 e. The van der Waals surface area contributed by atoms with Crippen LogP contribution in [0.3, 0.4) is 0 Å². The number of aliphatic carboxylic acids is 1. The first kappa shape index (κ1) is 9.64. The number of hydrogen-bond donors (Lipinski definition) is 1. The van der Waals surface area contributed by atoms with Gasteiger partial charge in [-0.3, -0.25) is 9.59 Å². The predicted octanol–water partition coefficient (Wildman–Crippen LogP) is 0.799. The van der Waals surface area contributed by atoms with Crippen LogP contribution in [0, 0.1) is 5.82 Å². The zero-order valence-electron chi connectivity index (χ0n) is 7.74. The SMILES string of the molecule is O=C(O)CN1C(=O)Cc2cc(F)ccc21. The van der Waals surface area contributed by atoms with Crippen LogP contribution in [-0.4, -0.2) is 23.5 Å². The summed E-state index contributed by atoms with van der Waals surface area (Å²) >= 11 is 0. The summed E-state index contributed by atoms with van der Waals surface area (Å²) in [6, 6.07) is 3.90. The summed E-state index contributed by atoms with van der Waals surface area (Å²) in [6.45, 7) is -0.378. The van der Waals surface area contributed by atoms with Gasteiger partial charge in [0.05, 0.1) is 6.42 Å². The highest BCUT2D eigenvalue weighted by molar-refractivity contribution is 6.04. The number of fused-ring (bicyclic) bond motifs is 1. The fourth-order valence-electron chi connectivity index (χ4n) is 1.66. The van der Waals surface area contributed by atoms with Crippen molar-refractivity contribution in [1.82, 2.24) is 0 Å². The van der Waals surface area contributed by atoms with Gasteiger partial charge in [0.25, 0.3) is 0 Å². The number of anilines is 1. The van der Waals surface area contributed by atoms with E-state index in [1.165, 1.54) is 18.2 Å². The highest BCUT2D eigenvalue weighted by atomic mass is 19.1. The van der Waals surface area contributed by atoms with Crippen LogP contribution >= 0.6 is 0 Å². The Balaban J connectivity index is 2.37. The van der Waals surface area contributed by atoms with Crippen LogP contribution in [0.15, 0.2) is 18.2 Å². The number of carbonyl (C=O) groups is 2. The third-order valence-corrected chi connectivity index (χ3v) is 2.27. The summed E-state index contributed by atoms with van der Waals surface area (Å²) < 4.78 is 12.8. The van der Waals surface area contributed by atoms with E-state index in [1.807, 2.05) is 0 Å². The van der Waals surface area contributed by atoms with Gasteiger partial charge in [-0.1, -0.05) is 0 Å². The summed E-state index contributed by atoms with van der Waals surface area (Å²) in [5, 5.41) is 8.60. The first-order valence-corrected chi connectivity index (χ1v) is 4.38. The second-order valence-electron chi connectivity index (χ2n) is 3.32. The number of carboxylic acid groups (broad SMARTS) is 1. The number of amides is 1. The van der Waals surface area contributed by atoms with E-state index < -0.39 is 11.8 Å².